The predicted molar refractivity (Wildman–Crippen MR) is 94.1 cm³/mol. The van der Waals surface area contributed by atoms with Crippen molar-refractivity contribution in [2.75, 3.05) is 38.9 Å². The van der Waals surface area contributed by atoms with Crippen LogP contribution in [0, 0.1) is 0 Å². The Labute approximate surface area is 144 Å². The van der Waals surface area contributed by atoms with E-state index in [9.17, 15) is 13.2 Å². The summed E-state index contributed by atoms with van der Waals surface area (Å²) in [5.41, 5.74) is 0.516. The van der Waals surface area contributed by atoms with E-state index in [4.69, 9.17) is 9.47 Å². The highest BCUT2D eigenvalue weighted by molar-refractivity contribution is 7.88. The normalized spacial score (nSPS) is 11.4. The van der Waals surface area contributed by atoms with Gasteiger partial charge in [0.25, 0.3) is 0 Å². The molecule has 1 amide bonds. The molecule has 1 N–H and O–H groups in total. The topological polar surface area (TPSA) is 84.9 Å². The standard InChI is InChI=1S/C16H26N2O5S/c1-5-6-10-18(24(4,20)21)11-9-16(19)17-14-8-7-13(22-2)12-15(14)23-3/h7-8,12H,5-6,9-11H2,1-4H3,(H,17,19). The molecule has 0 aliphatic heterocycles. The van der Waals surface area contributed by atoms with Crippen LogP contribution in [0.5, 0.6) is 11.5 Å². The van der Waals surface area contributed by atoms with Gasteiger partial charge in [-0.15, -0.1) is 0 Å². The van der Waals surface area contributed by atoms with Gasteiger partial charge in [-0.25, -0.2) is 12.7 Å². The lowest BCUT2D eigenvalue weighted by Gasteiger charge is -2.19. The van der Waals surface area contributed by atoms with E-state index in [1.165, 1.54) is 11.4 Å². The lowest BCUT2D eigenvalue weighted by molar-refractivity contribution is -0.116. The zero-order chi connectivity index (χ0) is 18.2. The molecule has 0 saturated carbocycles. The van der Waals surface area contributed by atoms with Crippen molar-refractivity contribution in [3.8, 4) is 11.5 Å². The number of methoxy groups -OCH3 is 2. The summed E-state index contributed by atoms with van der Waals surface area (Å²) in [4.78, 5) is 12.1. The largest absolute Gasteiger partial charge is 0.497 e. The number of hydrogen-bond donors (Lipinski definition) is 1. The molecule has 0 saturated heterocycles. The number of benzene rings is 1. The first-order valence-electron chi connectivity index (χ1n) is 7.78. The summed E-state index contributed by atoms with van der Waals surface area (Å²) in [6, 6.07) is 5.06. The van der Waals surface area contributed by atoms with Gasteiger partial charge in [0.15, 0.2) is 0 Å². The number of carbonyl (C=O) groups excluding carboxylic acids is 1. The van der Waals surface area contributed by atoms with Gasteiger partial charge in [0.05, 0.1) is 26.2 Å². The molecule has 0 bridgehead atoms. The average molecular weight is 358 g/mol. The number of carbonyl (C=O) groups is 1. The monoisotopic (exact) mass is 358 g/mol. The minimum Gasteiger partial charge on any atom is -0.497 e. The minimum atomic E-state index is -3.32. The second-order valence-corrected chi connectivity index (χ2v) is 7.36. The van der Waals surface area contributed by atoms with Crippen LogP contribution in [-0.2, 0) is 14.8 Å². The maximum Gasteiger partial charge on any atom is 0.225 e. The Morgan fingerprint density at radius 2 is 1.92 bits per heavy atom. The maximum absolute atomic E-state index is 12.1. The van der Waals surface area contributed by atoms with Crippen LogP contribution in [0.2, 0.25) is 0 Å². The molecule has 1 rings (SSSR count). The highest BCUT2D eigenvalue weighted by Gasteiger charge is 2.17. The second-order valence-electron chi connectivity index (χ2n) is 5.38. The number of sulfonamides is 1. The van der Waals surface area contributed by atoms with Crippen LogP contribution in [0.1, 0.15) is 26.2 Å². The fourth-order valence-corrected chi connectivity index (χ4v) is 3.00. The van der Waals surface area contributed by atoms with Crippen LogP contribution >= 0.6 is 0 Å². The van der Waals surface area contributed by atoms with E-state index in [0.717, 1.165) is 19.1 Å². The van der Waals surface area contributed by atoms with Crippen LogP contribution in [0.3, 0.4) is 0 Å². The third kappa shape index (κ3) is 6.37. The van der Waals surface area contributed by atoms with Gasteiger partial charge in [-0.3, -0.25) is 4.79 Å². The lowest BCUT2D eigenvalue weighted by Crippen LogP contribution is -2.33. The molecule has 1 aromatic rings. The van der Waals surface area contributed by atoms with Crippen LogP contribution < -0.4 is 14.8 Å². The van der Waals surface area contributed by atoms with E-state index in [-0.39, 0.29) is 18.9 Å². The Balaban J connectivity index is 2.68. The number of anilines is 1. The first kappa shape index (κ1) is 20.2. The average Bonchev–Trinajstić information content (AvgIpc) is 2.54. The summed E-state index contributed by atoms with van der Waals surface area (Å²) in [7, 11) is -0.270. The Hall–Kier alpha value is -1.80. The first-order chi connectivity index (χ1) is 11.3. The molecule has 1 aromatic carbocycles. The minimum absolute atomic E-state index is 0.0754. The summed E-state index contributed by atoms with van der Waals surface area (Å²) in [6.07, 6.45) is 2.89. The van der Waals surface area contributed by atoms with Crippen molar-refractivity contribution in [2.24, 2.45) is 0 Å². The molecule has 0 fully saturated rings. The zero-order valence-corrected chi connectivity index (χ0v) is 15.5. The first-order valence-corrected chi connectivity index (χ1v) is 9.63. The molecule has 0 atom stereocenters. The number of nitrogens with zero attached hydrogens (tertiary/aromatic N) is 1. The van der Waals surface area contributed by atoms with Crippen LogP contribution in [0.15, 0.2) is 18.2 Å². The third-order valence-electron chi connectivity index (χ3n) is 3.50. The number of nitrogens with one attached hydrogen (secondary N) is 1. The van der Waals surface area contributed by atoms with Gasteiger partial charge < -0.3 is 14.8 Å². The smallest absolute Gasteiger partial charge is 0.225 e. The van der Waals surface area contributed by atoms with E-state index < -0.39 is 10.0 Å². The summed E-state index contributed by atoms with van der Waals surface area (Å²) < 4.78 is 35.1. The molecule has 0 aromatic heterocycles. The highest BCUT2D eigenvalue weighted by Crippen LogP contribution is 2.29. The molecule has 0 spiro atoms. The van der Waals surface area contributed by atoms with E-state index in [0.29, 0.717) is 23.7 Å². The Kier molecular flexibility index (Phi) is 8.00. The fraction of sp³-hybridized carbons (Fsp3) is 0.562. The second kappa shape index (κ2) is 9.48. The predicted octanol–water partition coefficient (Wildman–Crippen LogP) is 2.09. The van der Waals surface area contributed by atoms with Crippen molar-refractivity contribution in [2.45, 2.75) is 26.2 Å². The molecule has 24 heavy (non-hydrogen) atoms. The molecule has 0 unspecified atom stereocenters. The van der Waals surface area contributed by atoms with E-state index >= 15 is 0 Å². The van der Waals surface area contributed by atoms with E-state index in [2.05, 4.69) is 5.32 Å². The molecule has 8 heteroatoms. The molecule has 0 heterocycles. The summed E-state index contributed by atoms with van der Waals surface area (Å²) in [5.74, 6) is 0.824. The number of amides is 1. The Morgan fingerprint density at radius 1 is 1.21 bits per heavy atom. The Bertz CT molecular complexity index is 646. The SMILES string of the molecule is CCCCN(CCC(=O)Nc1ccc(OC)cc1OC)S(C)(=O)=O. The van der Waals surface area contributed by atoms with Crippen molar-refractivity contribution in [1.82, 2.24) is 4.31 Å². The summed E-state index contributed by atoms with van der Waals surface area (Å²) in [5, 5.41) is 2.73. The molecular formula is C16H26N2O5S. The van der Waals surface area contributed by atoms with E-state index in [1.807, 2.05) is 6.92 Å². The Morgan fingerprint density at radius 3 is 2.46 bits per heavy atom. The molecular weight excluding hydrogens is 332 g/mol. The summed E-state index contributed by atoms with van der Waals surface area (Å²) in [6.45, 7) is 2.57. The van der Waals surface area contributed by atoms with Gasteiger partial charge in [-0.2, -0.15) is 0 Å². The quantitative estimate of drug-likeness (QED) is 0.692. The van der Waals surface area contributed by atoms with Crippen molar-refractivity contribution in [3.05, 3.63) is 18.2 Å². The number of hydrogen-bond acceptors (Lipinski definition) is 5. The number of unbranched alkanes of at least 4 members (excludes halogenated alkanes) is 1. The van der Waals surface area contributed by atoms with Crippen molar-refractivity contribution < 1.29 is 22.7 Å². The van der Waals surface area contributed by atoms with Gasteiger partial charge in [0.2, 0.25) is 15.9 Å². The molecule has 136 valence electrons. The molecule has 0 radical (unpaired) electrons. The summed E-state index contributed by atoms with van der Waals surface area (Å²) >= 11 is 0. The zero-order valence-electron chi connectivity index (χ0n) is 14.7. The van der Waals surface area contributed by atoms with E-state index in [1.54, 1.807) is 25.3 Å². The highest BCUT2D eigenvalue weighted by atomic mass is 32.2. The van der Waals surface area contributed by atoms with Gasteiger partial charge in [0.1, 0.15) is 11.5 Å². The third-order valence-corrected chi connectivity index (χ3v) is 4.80. The van der Waals surface area contributed by atoms with Gasteiger partial charge in [-0.05, 0) is 18.6 Å². The lowest BCUT2D eigenvalue weighted by atomic mass is 10.2. The maximum atomic E-state index is 12.1. The van der Waals surface area contributed by atoms with Crippen molar-refractivity contribution in [1.29, 1.82) is 0 Å². The van der Waals surface area contributed by atoms with Crippen molar-refractivity contribution in [3.63, 3.8) is 0 Å². The van der Waals surface area contributed by atoms with Crippen LogP contribution in [-0.4, -0.2) is 52.2 Å². The van der Waals surface area contributed by atoms with Crippen LogP contribution in [0.25, 0.3) is 0 Å². The number of rotatable bonds is 10. The van der Waals surface area contributed by atoms with Gasteiger partial charge >= 0.3 is 0 Å². The fourth-order valence-electron chi connectivity index (χ4n) is 2.12. The van der Waals surface area contributed by atoms with Crippen LogP contribution in [0.4, 0.5) is 5.69 Å². The van der Waals surface area contributed by atoms with Crippen molar-refractivity contribution >= 4 is 21.6 Å². The molecule has 0 aliphatic carbocycles. The number of ether oxygens (including phenoxy) is 2. The van der Waals surface area contributed by atoms with Gasteiger partial charge in [0, 0.05) is 25.6 Å². The van der Waals surface area contributed by atoms with Gasteiger partial charge in [-0.1, -0.05) is 13.3 Å². The molecule has 0 aliphatic rings. The molecule has 7 nitrogen and oxygen atoms in total.